The molecule has 2 fully saturated rings. The van der Waals surface area contributed by atoms with Crippen LogP contribution in [0.1, 0.15) is 64.7 Å². The van der Waals surface area contributed by atoms with Crippen LogP contribution < -0.4 is 5.73 Å². The fraction of sp³-hybridized carbons (Fsp3) is 1.00. The molecule has 3 N–H and O–H groups in total. The van der Waals surface area contributed by atoms with E-state index in [-0.39, 0.29) is 11.5 Å². The Morgan fingerprint density at radius 1 is 1.18 bits per heavy atom. The van der Waals surface area contributed by atoms with Crippen LogP contribution >= 0.6 is 0 Å². The molecule has 3 atom stereocenters. The molecular weight excluding hydrogens is 210 g/mol. The molecule has 2 aliphatic carbocycles. The van der Waals surface area contributed by atoms with E-state index in [4.69, 9.17) is 5.73 Å². The molecule has 0 aromatic heterocycles. The molecule has 2 aliphatic rings. The molecule has 0 spiro atoms. The van der Waals surface area contributed by atoms with E-state index in [1.807, 2.05) is 0 Å². The number of nitrogens with two attached hydrogens (primary N) is 1. The SMILES string of the molecule is CC1CCCC(C(O)C2(CN)CCCCC2)C1. The Morgan fingerprint density at radius 2 is 1.88 bits per heavy atom. The number of hydrogen-bond acceptors (Lipinski definition) is 2. The molecule has 0 saturated heterocycles. The summed E-state index contributed by atoms with van der Waals surface area (Å²) in [4.78, 5) is 0. The predicted molar refractivity (Wildman–Crippen MR) is 71.7 cm³/mol. The quantitative estimate of drug-likeness (QED) is 0.795. The van der Waals surface area contributed by atoms with Crippen LogP contribution in [0.4, 0.5) is 0 Å². The van der Waals surface area contributed by atoms with Crippen molar-refractivity contribution in [2.75, 3.05) is 6.54 Å². The first-order valence-electron chi connectivity index (χ1n) is 7.56. The molecule has 0 aromatic rings. The first-order chi connectivity index (χ1) is 8.18. The van der Waals surface area contributed by atoms with Gasteiger partial charge in [-0.1, -0.05) is 39.0 Å². The van der Waals surface area contributed by atoms with Gasteiger partial charge < -0.3 is 10.8 Å². The third-order valence-corrected chi connectivity index (χ3v) is 5.31. The van der Waals surface area contributed by atoms with Gasteiger partial charge in [0.15, 0.2) is 0 Å². The lowest BCUT2D eigenvalue weighted by Crippen LogP contribution is -2.47. The van der Waals surface area contributed by atoms with E-state index in [1.165, 1.54) is 44.9 Å². The minimum absolute atomic E-state index is 0.0555. The van der Waals surface area contributed by atoms with Crippen molar-refractivity contribution >= 4 is 0 Å². The van der Waals surface area contributed by atoms with Crippen molar-refractivity contribution in [2.45, 2.75) is 70.8 Å². The van der Waals surface area contributed by atoms with Crippen molar-refractivity contribution in [3.05, 3.63) is 0 Å². The van der Waals surface area contributed by atoms with E-state index >= 15 is 0 Å². The number of aliphatic hydroxyl groups is 1. The summed E-state index contributed by atoms with van der Waals surface area (Å²) in [6.07, 6.45) is 11.1. The van der Waals surface area contributed by atoms with Crippen molar-refractivity contribution in [1.82, 2.24) is 0 Å². The van der Waals surface area contributed by atoms with Crippen LogP contribution in [0, 0.1) is 17.3 Å². The van der Waals surface area contributed by atoms with Crippen LogP contribution in [0.15, 0.2) is 0 Å². The molecule has 17 heavy (non-hydrogen) atoms. The van der Waals surface area contributed by atoms with Gasteiger partial charge in [0.2, 0.25) is 0 Å². The highest BCUT2D eigenvalue weighted by molar-refractivity contribution is 4.94. The van der Waals surface area contributed by atoms with E-state index in [0.717, 1.165) is 18.8 Å². The first kappa shape index (κ1) is 13.4. The molecule has 2 nitrogen and oxygen atoms in total. The smallest absolute Gasteiger partial charge is 0.0636 e. The van der Waals surface area contributed by atoms with Crippen molar-refractivity contribution < 1.29 is 5.11 Å². The van der Waals surface area contributed by atoms with Crippen LogP contribution in [0.25, 0.3) is 0 Å². The van der Waals surface area contributed by atoms with E-state index < -0.39 is 0 Å². The molecule has 0 amide bonds. The van der Waals surface area contributed by atoms with Crippen LogP contribution in [0.2, 0.25) is 0 Å². The summed E-state index contributed by atoms with van der Waals surface area (Å²) in [6, 6.07) is 0. The maximum absolute atomic E-state index is 10.8. The van der Waals surface area contributed by atoms with Gasteiger partial charge in [-0.3, -0.25) is 0 Å². The second-order valence-corrected chi connectivity index (χ2v) is 6.60. The molecular formula is C15H29NO. The zero-order chi connectivity index (χ0) is 12.3. The maximum atomic E-state index is 10.8. The monoisotopic (exact) mass is 239 g/mol. The number of rotatable bonds is 3. The summed E-state index contributed by atoms with van der Waals surface area (Å²) in [5, 5.41) is 10.8. The van der Waals surface area contributed by atoms with Gasteiger partial charge in [-0.15, -0.1) is 0 Å². The minimum Gasteiger partial charge on any atom is -0.392 e. The first-order valence-corrected chi connectivity index (χ1v) is 7.56. The second kappa shape index (κ2) is 5.71. The van der Waals surface area contributed by atoms with Gasteiger partial charge in [0.1, 0.15) is 0 Å². The molecule has 0 bridgehead atoms. The largest absolute Gasteiger partial charge is 0.392 e. The van der Waals surface area contributed by atoms with E-state index in [2.05, 4.69) is 6.92 Å². The summed E-state index contributed by atoms with van der Waals surface area (Å²) >= 11 is 0. The summed E-state index contributed by atoms with van der Waals surface area (Å²) < 4.78 is 0. The minimum atomic E-state index is -0.143. The molecule has 2 heteroatoms. The number of hydrogen-bond donors (Lipinski definition) is 2. The molecule has 0 heterocycles. The molecule has 0 aromatic carbocycles. The Bertz CT molecular complexity index is 235. The zero-order valence-corrected chi connectivity index (χ0v) is 11.3. The Morgan fingerprint density at radius 3 is 2.47 bits per heavy atom. The normalized spacial score (nSPS) is 35.5. The summed E-state index contributed by atoms with van der Waals surface area (Å²) in [6.45, 7) is 3.01. The third kappa shape index (κ3) is 2.85. The molecule has 0 radical (unpaired) electrons. The summed E-state index contributed by atoms with van der Waals surface area (Å²) in [7, 11) is 0. The fourth-order valence-electron chi connectivity index (χ4n) is 4.14. The summed E-state index contributed by atoms with van der Waals surface area (Å²) in [5.41, 5.74) is 6.08. The second-order valence-electron chi connectivity index (χ2n) is 6.60. The van der Waals surface area contributed by atoms with Crippen LogP contribution in [-0.4, -0.2) is 17.8 Å². The highest BCUT2D eigenvalue weighted by Gasteiger charge is 2.42. The van der Waals surface area contributed by atoms with Crippen molar-refractivity contribution in [2.24, 2.45) is 23.0 Å². The zero-order valence-electron chi connectivity index (χ0n) is 11.3. The molecule has 2 saturated carbocycles. The average molecular weight is 239 g/mol. The van der Waals surface area contributed by atoms with Gasteiger partial charge in [-0.05, 0) is 37.5 Å². The maximum Gasteiger partial charge on any atom is 0.0636 e. The topological polar surface area (TPSA) is 46.2 Å². The van der Waals surface area contributed by atoms with Gasteiger partial charge in [-0.25, -0.2) is 0 Å². The van der Waals surface area contributed by atoms with E-state index in [0.29, 0.717) is 12.5 Å². The van der Waals surface area contributed by atoms with Gasteiger partial charge in [0, 0.05) is 12.0 Å². The average Bonchev–Trinajstić information content (AvgIpc) is 2.38. The van der Waals surface area contributed by atoms with Gasteiger partial charge >= 0.3 is 0 Å². The lowest BCUT2D eigenvalue weighted by Gasteiger charge is -2.45. The standard InChI is InChI=1S/C15H29NO/c1-12-6-5-7-13(10-12)14(17)15(11-16)8-3-2-4-9-15/h12-14,17H,2-11,16H2,1H3. The van der Waals surface area contributed by atoms with Crippen LogP contribution in [0.3, 0.4) is 0 Å². The van der Waals surface area contributed by atoms with Crippen LogP contribution in [0.5, 0.6) is 0 Å². The Balaban J connectivity index is 2.02. The van der Waals surface area contributed by atoms with Gasteiger partial charge in [0.25, 0.3) is 0 Å². The van der Waals surface area contributed by atoms with E-state index in [1.54, 1.807) is 0 Å². The van der Waals surface area contributed by atoms with Crippen LogP contribution in [-0.2, 0) is 0 Å². The highest BCUT2D eigenvalue weighted by atomic mass is 16.3. The molecule has 100 valence electrons. The van der Waals surface area contributed by atoms with Crippen molar-refractivity contribution in [3.8, 4) is 0 Å². The fourth-order valence-corrected chi connectivity index (χ4v) is 4.14. The molecule has 0 aliphatic heterocycles. The predicted octanol–water partition coefficient (Wildman–Crippen LogP) is 3.08. The Hall–Kier alpha value is -0.0800. The van der Waals surface area contributed by atoms with Crippen molar-refractivity contribution in [3.63, 3.8) is 0 Å². The number of aliphatic hydroxyl groups excluding tert-OH is 1. The molecule has 3 unspecified atom stereocenters. The van der Waals surface area contributed by atoms with E-state index in [9.17, 15) is 5.11 Å². The lowest BCUT2D eigenvalue weighted by molar-refractivity contribution is -0.0514. The highest BCUT2D eigenvalue weighted by Crippen LogP contribution is 2.44. The Labute approximate surface area is 106 Å². The van der Waals surface area contributed by atoms with Gasteiger partial charge in [0.05, 0.1) is 6.10 Å². The third-order valence-electron chi connectivity index (χ3n) is 5.31. The Kier molecular flexibility index (Phi) is 4.48. The van der Waals surface area contributed by atoms with Crippen molar-refractivity contribution in [1.29, 1.82) is 0 Å². The summed E-state index contributed by atoms with van der Waals surface area (Å²) in [5.74, 6) is 1.31. The molecule has 2 rings (SSSR count). The lowest BCUT2D eigenvalue weighted by atomic mass is 9.64. The van der Waals surface area contributed by atoms with Gasteiger partial charge in [-0.2, -0.15) is 0 Å².